The quantitative estimate of drug-likeness (QED) is 0.913. The zero-order valence-electron chi connectivity index (χ0n) is 10.9. The predicted molar refractivity (Wildman–Crippen MR) is 73.1 cm³/mol. The highest BCUT2D eigenvalue weighted by Gasteiger charge is 2.09. The first-order valence-corrected chi connectivity index (χ1v) is 6.48. The number of aryl methyl sites for hydroxylation is 2. The third-order valence-electron chi connectivity index (χ3n) is 2.85. The molecule has 102 valence electrons. The van der Waals surface area contributed by atoms with E-state index >= 15 is 0 Å². The standard InChI is InChI=1S/C12H16ClN5O/c1-3-18-9(2)11(7-15-18)16-12(19)4-5-17-8-10(13)6-14-17/h6-8H,3-5H2,1-2H3,(H,16,19). The van der Waals surface area contributed by atoms with Gasteiger partial charge in [0, 0.05) is 25.7 Å². The van der Waals surface area contributed by atoms with Crippen LogP contribution in [0.3, 0.4) is 0 Å². The van der Waals surface area contributed by atoms with E-state index in [9.17, 15) is 4.79 Å². The fraction of sp³-hybridized carbons (Fsp3) is 0.417. The topological polar surface area (TPSA) is 64.7 Å². The van der Waals surface area contributed by atoms with Crippen LogP contribution < -0.4 is 5.32 Å². The first-order chi connectivity index (χ1) is 9.10. The number of rotatable bonds is 5. The molecule has 6 nitrogen and oxygen atoms in total. The number of anilines is 1. The third-order valence-corrected chi connectivity index (χ3v) is 3.04. The molecule has 1 amide bonds. The van der Waals surface area contributed by atoms with Gasteiger partial charge in [0.15, 0.2) is 0 Å². The van der Waals surface area contributed by atoms with E-state index in [0.29, 0.717) is 18.0 Å². The maximum Gasteiger partial charge on any atom is 0.226 e. The van der Waals surface area contributed by atoms with Crippen molar-refractivity contribution in [2.75, 3.05) is 5.32 Å². The number of amides is 1. The second kappa shape index (κ2) is 5.88. The zero-order valence-corrected chi connectivity index (χ0v) is 11.7. The number of aromatic nitrogens is 4. The molecular weight excluding hydrogens is 266 g/mol. The van der Waals surface area contributed by atoms with Crippen LogP contribution in [-0.4, -0.2) is 25.5 Å². The van der Waals surface area contributed by atoms with Crippen LogP contribution in [0.5, 0.6) is 0 Å². The van der Waals surface area contributed by atoms with Crippen molar-refractivity contribution >= 4 is 23.2 Å². The summed E-state index contributed by atoms with van der Waals surface area (Å²) in [6.45, 7) is 5.22. The van der Waals surface area contributed by atoms with E-state index in [-0.39, 0.29) is 5.91 Å². The van der Waals surface area contributed by atoms with Gasteiger partial charge in [-0.15, -0.1) is 0 Å². The molecule has 2 heterocycles. The van der Waals surface area contributed by atoms with Gasteiger partial charge in [-0.3, -0.25) is 14.2 Å². The van der Waals surface area contributed by atoms with Crippen molar-refractivity contribution in [3.63, 3.8) is 0 Å². The Morgan fingerprint density at radius 3 is 2.79 bits per heavy atom. The highest BCUT2D eigenvalue weighted by Crippen LogP contribution is 2.13. The summed E-state index contributed by atoms with van der Waals surface area (Å²) in [6.07, 6.45) is 5.25. The van der Waals surface area contributed by atoms with Gasteiger partial charge in [-0.05, 0) is 13.8 Å². The third kappa shape index (κ3) is 3.35. The minimum atomic E-state index is -0.0645. The molecule has 0 bridgehead atoms. The van der Waals surface area contributed by atoms with E-state index in [1.54, 1.807) is 23.3 Å². The van der Waals surface area contributed by atoms with Gasteiger partial charge in [-0.2, -0.15) is 10.2 Å². The Bertz CT molecular complexity index is 574. The molecular formula is C12H16ClN5O. The second-order valence-corrected chi connectivity index (χ2v) is 4.62. The Hall–Kier alpha value is -1.82. The summed E-state index contributed by atoms with van der Waals surface area (Å²) in [6, 6.07) is 0. The Kier molecular flexibility index (Phi) is 4.21. The summed E-state index contributed by atoms with van der Waals surface area (Å²) in [5, 5.41) is 11.6. The molecule has 0 saturated heterocycles. The van der Waals surface area contributed by atoms with Crippen LogP contribution in [-0.2, 0) is 17.9 Å². The van der Waals surface area contributed by atoms with Crippen molar-refractivity contribution in [2.24, 2.45) is 0 Å². The van der Waals surface area contributed by atoms with E-state index in [1.807, 2.05) is 18.5 Å². The summed E-state index contributed by atoms with van der Waals surface area (Å²) in [5.41, 5.74) is 1.71. The normalized spacial score (nSPS) is 10.7. The number of nitrogens with zero attached hydrogens (tertiary/aromatic N) is 4. The van der Waals surface area contributed by atoms with Gasteiger partial charge in [0.1, 0.15) is 0 Å². The van der Waals surface area contributed by atoms with Gasteiger partial charge in [0.05, 0.1) is 28.8 Å². The minimum absolute atomic E-state index is 0.0645. The zero-order chi connectivity index (χ0) is 13.8. The summed E-state index contributed by atoms with van der Waals surface area (Å²) < 4.78 is 3.48. The molecule has 0 fully saturated rings. The first kappa shape index (κ1) is 13.6. The summed E-state index contributed by atoms with van der Waals surface area (Å²) >= 11 is 5.75. The highest BCUT2D eigenvalue weighted by molar-refractivity contribution is 6.30. The number of halogens is 1. The largest absolute Gasteiger partial charge is 0.323 e. The molecule has 0 saturated carbocycles. The lowest BCUT2D eigenvalue weighted by molar-refractivity contribution is -0.116. The Balaban J connectivity index is 1.88. The van der Waals surface area contributed by atoms with E-state index in [0.717, 1.165) is 17.9 Å². The predicted octanol–water partition coefficient (Wildman–Crippen LogP) is 2.09. The van der Waals surface area contributed by atoms with Crippen LogP contribution in [0, 0.1) is 6.92 Å². The molecule has 19 heavy (non-hydrogen) atoms. The van der Waals surface area contributed by atoms with Crippen molar-refractivity contribution in [3.05, 3.63) is 29.3 Å². The van der Waals surface area contributed by atoms with Gasteiger partial charge in [0.2, 0.25) is 5.91 Å². The number of carbonyl (C=O) groups is 1. The van der Waals surface area contributed by atoms with Gasteiger partial charge >= 0.3 is 0 Å². The van der Waals surface area contributed by atoms with Gasteiger partial charge in [0.25, 0.3) is 0 Å². The average Bonchev–Trinajstić information content (AvgIpc) is 2.95. The Labute approximate surface area is 116 Å². The van der Waals surface area contributed by atoms with Crippen LogP contribution in [0.4, 0.5) is 5.69 Å². The van der Waals surface area contributed by atoms with Crippen LogP contribution >= 0.6 is 11.6 Å². The van der Waals surface area contributed by atoms with Crippen molar-refractivity contribution in [1.82, 2.24) is 19.6 Å². The number of nitrogens with one attached hydrogen (secondary N) is 1. The second-order valence-electron chi connectivity index (χ2n) is 4.18. The smallest absolute Gasteiger partial charge is 0.226 e. The molecule has 1 N–H and O–H groups in total. The number of carbonyl (C=O) groups excluding carboxylic acids is 1. The van der Waals surface area contributed by atoms with E-state index < -0.39 is 0 Å². The lowest BCUT2D eigenvalue weighted by atomic mass is 10.3. The van der Waals surface area contributed by atoms with E-state index in [2.05, 4.69) is 15.5 Å². The summed E-state index contributed by atoms with van der Waals surface area (Å²) in [5.74, 6) is -0.0645. The fourth-order valence-electron chi connectivity index (χ4n) is 1.78. The van der Waals surface area contributed by atoms with Crippen LogP contribution in [0.15, 0.2) is 18.6 Å². The van der Waals surface area contributed by atoms with Crippen molar-refractivity contribution in [1.29, 1.82) is 0 Å². The summed E-state index contributed by atoms with van der Waals surface area (Å²) in [4.78, 5) is 11.8. The Morgan fingerprint density at radius 1 is 1.42 bits per heavy atom. The molecule has 0 radical (unpaired) electrons. The van der Waals surface area contributed by atoms with Gasteiger partial charge in [-0.25, -0.2) is 0 Å². The molecule has 0 aliphatic heterocycles. The van der Waals surface area contributed by atoms with Crippen molar-refractivity contribution < 1.29 is 4.79 Å². The van der Waals surface area contributed by atoms with Crippen LogP contribution in [0.2, 0.25) is 5.02 Å². The SMILES string of the molecule is CCn1ncc(NC(=O)CCn2cc(Cl)cn2)c1C. The molecule has 2 aromatic heterocycles. The lowest BCUT2D eigenvalue weighted by Crippen LogP contribution is -2.15. The summed E-state index contributed by atoms with van der Waals surface area (Å²) in [7, 11) is 0. The fourth-order valence-corrected chi connectivity index (χ4v) is 1.93. The van der Waals surface area contributed by atoms with Gasteiger partial charge in [-0.1, -0.05) is 11.6 Å². The average molecular weight is 282 g/mol. The van der Waals surface area contributed by atoms with Crippen LogP contribution in [0.25, 0.3) is 0 Å². The van der Waals surface area contributed by atoms with Gasteiger partial charge < -0.3 is 5.32 Å². The number of hydrogen-bond acceptors (Lipinski definition) is 3. The number of hydrogen-bond donors (Lipinski definition) is 1. The minimum Gasteiger partial charge on any atom is -0.323 e. The van der Waals surface area contributed by atoms with E-state index in [4.69, 9.17) is 11.6 Å². The maximum absolute atomic E-state index is 11.8. The Morgan fingerprint density at radius 2 is 2.21 bits per heavy atom. The molecule has 7 heteroatoms. The van der Waals surface area contributed by atoms with E-state index in [1.165, 1.54) is 0 Å². The van der Waals surface area contributed by atoms with Crippen LogP contribution in [0.1, 0.15) is 19.0 Å². The van der Waals surface area contributed by atoms with Crippen molar-refractivity contribution in [2.45, 2.75) is 33.4 Å². The molecule has 0 spiro atoms. The molecule has 0 aliphatic rings. The maximum atomic E-state index is 11.8. The first-order valence-electron chi connectivity index (χ1n) is 6.10. The van der Waals surface area contributed by atoms with Crippen molar-refractivity contribution in [3.8, 4) is 0 Å². The molecule has 2 rings (SSSR count). The molecule has 0 unspecified atom stereocenters. The monoisotopic (exact) mass is 281 g/mol. The molecule has 0 atom stereocenters. The highest BCUT2D eigenvalue weighted by atomic mass is 35.5. The lowest BCUT2D eigenvalue weighted by Gasteiger charge is -2.05. The molecule has 2 aromatic rings. The molecule has 0 aliphatic carbocycles. The molecule has 0 aromatic carbocycles.